The number of rotatable bonds is 3. The van der Waals surface area contributed by atoms with E-state index in [-0.39, 0.29) is 6.10 Å². The van der Waals surface area contributed by atoms with Crippen LogP contribution < -0.4 is 10.6 Å². The van der Waals surface area contributed by atoms with E-state index in [2.05, 4.69) is 4.90 Å². The van der Waals surface area contributed by atoms with E-state index >= 15 is 0 Å². The van der Waals surface area contributed by atoms with Crippen LogP contribution in [-0.4, -0.2) is 37.0 Å². The van der Waals surface area contributed by atoms with Crippen molar-refractivity contribution in [1.82, 2.24) is 0 Å². The van der Waals surface area contributed by atoms with Gasteiger partial charge in [-0.2, -0.15) is 0 Å². The second-order valence-corrected chi connectivity index (χ2v) is 4.06. The van der Waals surface area contributed by atoms with E-state index in [1.165, 1.54) is 0 Å². The fourth-order valence-electron chi connectivity index (χ4n) is 2.03. The standard InChI is InChI=1S/C12H18N2O2/c1-2-16-12-8-14(7-11(12)15)10-5-3-9(13)4-6-10/h3-6,11-12,15H,2,7-8,13H2,1H3/t11-,12+/m1/s1. The maximum absolute atomic E-state index is 9.82. The number of nitrogens with two attached hydrogens (primary N) is 1. The van der Waals surface area contributed by atoms with Crippen LogP contribution in [0, 0.1) is 0 Å². The van der Waals surface area contributed by atoms with Crippen LogP contribution in [0.4, 0.5) is 11.4 Å². The molecule has 0 amide bonds. The molecular weight excluding hydrogens is 204 g/mol. The van der Waals surface area contributed by atoms with Gasteiger partial charge in [0.25, 0.3) is 0 Å². The molecule has 1 fully saturated rings. The van der Waals surface area contributed by atoms with Crippen molar-refractivity contribution in [3.8, 4) is 0 Å². The van der Waals surface area contributed by atoms with Gasteiger partial charge in [-0.3, -0.25) is 0 Å². The lowest BCUT2D eigenvalue weighted by Crippen LogP contribution is -2.26. The predicted octanol–water partition coefficient (Wildman–Crippen LogP) is 0.855. The summed E-state index contributed by atoms with van der Waals surface area (Å²) in [5, 5.41) is 9.82. The molecule has 4 nitrogen and oxygen atoms in total. The van der Waals surface area contributed by atoms with Crippen LogP contribution in [-0.2, 0) is 4.74 Å². The summed E-state index contributed by atoms with van der Waals surface area (Å²) < 4.78 is 5.47. The molecular formula is C12H18N2O2. The monoisotopic (exact) mass is 222 g/mol. The Morgan fingerprint density at radius 2 is 2.06 bits per heavy atom. The molecule has 4 heteroatoms. The third kappa shape index (κ3) is 2.28. The van der Waals surface area contributed by atoms with Gasteiger partial charge in [0, 0.05) is 31.1 Å². The van der Waals surface area contributed by atoms with Crippen molar-refractivity contribution in [2.45, 2.75) is 19.1 Å². The highest BCUT2D eigenvalue weighted by atomic mass is 16.5. The third-order valence-corrected chi connectivity index (χ3v) is 2.88. The second kappa shape index (κ2) is 4.72. The quantitative estimate of drug-likeness (QED) is 0.745. The van der Waals surface area contributed by atoms with Crippen molar-refractivity contribution in [2.75, 3.05) is 30.3 Å². The Labute approximate surface area is 95.6 Å². The minimum absolute atomic E-state index is 0.0810. The molecule has 3 N–H and O–H groups in total. The van der Waals surface area contributed by atoms with Gasteiger partial charge in [0.1, 0.15) is 6.10 Å². The SMILES string of the molecule is CCO[C@H]1CN(c2ccc(N)cc2)C[C@H]1O. The van der Waals surface area contributed by atoms with E-state index in [9.17, 15) is 5.11 Å². The van der Waals surface area contributed by atoms with E-state index in [1.54, 1.807) is 0 Å². The maximum atomic E-state index is 9.82. The molecule has 0 aliphatic carbocycles. The number of aliphatic hydroxyl groups excluding tert-OH is 1. The van der Waals surface area contributed by atoms with Crippen LogP contribution in [0.3, 0.4) is 0 Å². The van der Waals surface area contributed by atoms with Crippen LogP contribution in [0.15, 0.2) is 24.3 Å². The summed E-state index contributed by atoms with van der Waals surface area (Å²) in [6.45, 7) is 3.93. The number of benzene rings is 1. The first-order valence-electron chi connectivity index (χ1n) is 5.61. The number of aliphatic hydroxyl groups is 1. The molecule has 0 bridgehead atoms. The lowest BCUT2D eigenvalue weighted by Gasteiger charge is -2.18. The molecule has 1 aromatic rings. The zero-order valence-corrected chi connectivity index (χ0v) is 9.47. The molecule has 2 atom stereocenters. The zero-order valence-electron chi connectivity index (χ0n) is 9.47. The molecule has 0 spiro atoms. The van der Waals surface area contributed by atoms with Crippen LogP contribution in [0.5, 0.6) is 0 Å². The van der Waals surface area contributed by atoms with Crippen LogP contribution in [0.2, 0.25) is 0 Å². The van der Waals surface area contributed by atoms with E-state index in [0.717, 1.165) is 17.9 Å². The summed E-state index contributed by atoms with van der Waals surface area (Å²) in [4.78, 5) is 2.12. The van der Waals surface area contributed by atoms with Crippen LogP contribution in [0.1, 0.15) is 6.92 Å². The lowest BCUT2D eigenvalue weighted by atomic mass is 10.2. The number of β-amino-alcohol motifs (C(OH)–C–C–N with tert-alkyl or cyclic N) is 1. The number of nitrogen functional groups attached to an aromatic ring is 1. The topological polar surface area (TPSA) is 58.7 Å². The first-order valence-corrected chi connectivity index (χ1v) is 5.61. The fourth-order valence-corrected chi connectivity index (χ4v) is 2.03. The van der Waals surface area contributed by atoms with E-state index in [4.69, 9.17) is 10.5 Å². The number of nitrogens with zero attached hydrogens (tertiary/aromatic N) is 1. The molecule has 88 valence electrons. The largest absolute Gasteiger partial charge is 0.399 e. The van der Waals surface area contributed by atoms with Crippen molar-refractivity contribution in [3.05, 3.63) is 24.3 Å². The molecule has 1 aliphatic heterocycles. The van der Waals surface area contributed by atoms with Gasteiger partial charge in [-0.25, -0.2) is 0 Å². The summed E-state index contributed by atoms with van der Waals surface area (Å²) in [5.74, 6) is 0. The molecule has 0 unspecified atom stereocenters. The Morgan fingerprint density at radius 3 is 2.69 bits per heavy atom. The Morgan fingerprint density at radius 1 is 1.38 bits per heavy atom. The van der Waals surface area contributed by atoms with Gasteiger partial charge in [-0.05, 0) is 31.2 Å². The van der Waals surface area contributed by atoms with E-state index in [0.29, 0.717) is 13.2 Å². The summed E-state index contributed by atoms with van der Waals surface area (Å²) >= 11 is 0. The van der Waals surface area contributed by atoms with Gasteiger partial charge < -0.3 is 20.5 Å². The first kappa shape index (κ1) is 11.2. The van der Waals surface area contributed by atoms with Gasteiger partial charge in [-0.15, -0.1) is 0 Å². The molecule has 16 heavy (non-hydrogen) atoms. The number of anilines is 2. The maximum Gasteiger partial charge on any atom is 0.102 e. The van der Waals surface area contributed by atoms with Crippen molar-refractivity contribution in [3.63, 3.8) is 0 Å². The number of hydrogen-bond acceptors (Lipinski definition) is 4. The molecule has 0 aromatic heterocycles. The van der Waals surface area contributed by atoms with Gasteiger partial charge in [-0.1, -0.05) is 0 Å². The van der Waals surface area contributed by atoms with E-state index in [1.807, 2.05) is 31.2 Å². The molecule has 2 rings (SSSR count). The molecule has 1 heterocycles. The highest BCUT2D eigenvalue weighted by Gasteiger charge is 2.31. The fraction of sp³-hybridized carbons (Fsp3) is 0.500. The average Bonchev–Trinajstić information content (AvgIpc) is 2.62. The van der Waals surface area contributed by atoms with Gasteiger partial charge in [0.2, 0.25) is 0 Å². The van der Waals surface area contributed by atoms with Gasteiger partial charge in [0.15, 0.2) is 0 Å². The molecule has 1 saturated heterocycles. The Balaban J connectivity index is 2.04. The zero-order chi connectivity index (χ0) is 11.5. The number of hydrogen-bond donors (Lipinski definition) is 2. The molecule has 1 aromatic carbocycles. The van der Waals surface area contributed by atoms with Gasteiger partial charge >= 0.3 is 0 Å². The van der Waals surface area contributed by atoms with Crippen LogP contribution in [0.25, 0.3) is 0 Å². The normalized spacial score (nSPS) is 25.0. The van der Waals surface area contributed by atoms with Crippen LogP contribution >= 0.6 is 0 Å². The highest BCUT2D eigenvalue weighted by Crippen LogP contribution is 2.23. The minimum Gasteiger partial charge on any atom is -0.399 e. The number of ether oxygens (including phenoxy) is 1. The minimum atomic E-state index is -0.405. The molecule has 0 saturated carbocycles. The van der Waals surface area contributed by atoms with E-state index < -0.39 is 6.10 Å². The predicted molar refractivity (Wildman–Crippen MR) is 64.5 cm³/mol. The van der Waals surface area contributed by atoms with Crippen molar-refractivity contribution in [1.29, 1.82) is 0 Å². The Hall–Kier alpha value is -1.26. The average molecular weight is 222 g/mol. The lowest BCUT2D eigenvalue weighted by molar-refractivity contribution is -0.00189. The third-order valence-electron chi connectivity index (χ3n) is 2.88. The molecule has 0 radical (unpaired) electrons. The summed E-state index contributed by atoms with van der Waals surface area (Å²) in [6, 6.07) is 7.68. The van der Waals surface area contributed by atoms with Crippen molar-refractivity contribution < 1.29 is 9.84 Å². The Bertz CT molecular complexity index is 339. The molecule has 1 aliphatic rings. The highest BCUT2D eigenvalue weighted by molar-refractivity contribution is 5.54. The second-order valence-electron chi connectivity index (χ2n) is 4.06. The summed E-state index contributed by atoms with van der Waals surface area (Å²) in [5.41, 5.74) is 7.47. The smallest absolute Gasteiger partial charge is 0.102 e. The summed E-state index contributed by atoms with van der Waals surface area (Å²) in [7, 11) is 0. The van der Waals surface area contributed by atoms with Crippen molar-refractivity contribution in [2.24, 2.45) is 0 Å². The first-order chi connectivity index (χ1) is 7.70. The summed E-state index contributed by atoms with van der Waals surface area (Å²) in [6.07, 6.45) is -0.486. The Kier molecular flexibility index (Phi) is 3.31. The van der Waals surface area contributed by atoms with Gasteiger partial charge in [0.05, 0.1) is 6.10 Å². The van der Waals surface area contributed by atoms with Crippen molar-refractivity contribution >= 4 is 11.4 Å².